The monoisotopic (exact) mass is 565 g/mol. The quantitative estimate of drug-likeness (QED) is 0.208. The van der Waals surface area contributed by atoms with Gasteiger partial charge in [0.25, 0.3) is 0 Å². The van der Waals surface area contributed by atoms with Crippen molar-refractivity contribution in [2.24, 2.45) is 0 Å². The van der Waals surface area contributed by atoms with E-state index in [2.05, 4.69) is 180 Å². The topological polar surface area (TPSA) is 13.1 Å². The van der Waals surface area contributed by atoms with Crippen LogP contribution in [-0.4, -0.2) is 9.13 Å². The molecule has 0 spiro atoms. The molecule has 0 aliphatic carbocycles. The van der Waals surface area contributed by atoms with Crippen LogP contribution in [0.4, 0.5) is 17.1 Å². The summed E-state index contributed by atoms with van der Waals surface area (Å²) in [4.78, 5) is 2.42. The molecule has 3 heteroatoms. The molecule has 0 fully saturated rings. The van der Waals surface area contributed by atoms with Crippen LogP contribution >= 0.6 is 0 Å². The van der Waals surface area contributed by atoms with Crippen LogP contribution < -0.4 is 4.90 Å². The first-order chi connectivity index (χ1) is 21.6. The molecule has 0 saturated heterocycles. The predicted octanol–water partition coefficient (Wildman–Crippen LogP) is 10.8. The van der Waals surface area contributed by atoms with Crippen LogP contribution in [-0.2, 0) is 5.41 Å². The lowest BCUT2D eigenvalue weighted by Crippen LogP contribution is -2.30. The largest absolute Gasteiger partial charge is 0.315 e. The van der Waals surface area contributed by atoms with Gasteiger partial charge in [-0.2, -0.15) is 0 Å². The van der Waals surface area contributed by atoms with Crippen LogP contribution in [0.25, 0.3) is 44.1 Å². The third kappa shape index (κ3) is 3.44. The summed E-state index contributed by atoms with van der Waals surface area (Å²) in [5.74, 6) is 0. The zero-order valence-electron chi connectivity index (χ0n) is 24.8. The Morgan fingerprint density at radius 3 is 1.80 bits per heavy atom. The number of hydrogen-bond acceptors (Lipinski definition) is 1. The van der Waals surface area contributed by atoms with Gasteiger partial charge in [0, 0.05) is 44.8 Å². The lowest BCUT2D eigenvalue weighted by Gasteiger charge is -2.42. The van der Waals surface area contributed by atoms with Gasteiger partial charge >= 0.3 is 0 Å². The maximum absolute atomic E-state index is 2.44. The summed E-state index contributed by atoms with van der Waals surface area (Å²) in [6, 6.07) is 52.9. The molecule has 44 heavy (non-hydrogen) atoms. The molecule has 9 rings (SSSR count). The number of benzene rings is 6. The summed E-state index contributed by atoms with van der Waals surface area (Å²) in [6.07, 6.45) is 2.19. The zero-order valence-corrected chi connectivity index (χ0v) is 24.8. The van der Waals surface area contributed by atoms with Crippen LogP contribution in [0.3, 0.4) is 0 Å². The van der Waals surface area contributed by atoms with E-state index in [-0.39, 0.29) is 5.41 Å². The van der Waals surface area contributed by atoms with Gasteiger partial charge in [0.1, 0.15) is 0 Å². The Balaban J connectivity index is 1.27. The van der Waals surface area contributed by atoms with Crippen LogP contribution in [0.15, 0.2) is 152 Å². The highest BCUT2D eigenvalue weighted by molar-refractivity contribution is 6.18. The second-order valence-corrected chi connectivity index (χ2v) is 12.3. The lowest BCUT2D eigenvalue weighted by atomic mass is 9.73. The predicted molar refractivity (Wildman–Crippen MR) is 184 cm³/mol. The van der Waals surface area contributed by atoms with Crippen LogP contribution in [0, 0.1) is 0 Å². The molecule has 210 valence electrons. The van der Waals surface area contributed by atoms with E-state index in [1.54, 1.807) is 0 Å². The molecule has 1 aliphatic heterocycles. The van der Waals surface area contributed by atoms with Crippen molar-refractivity contribution in [2.45, 2.75) is 19.3 Å². The summed E-state index contributed by atoms with van der Waals surface area (Å²) in [5, 5.41) is 3.75. The average Bonchev–Trinajstić information content (AvgIpc) is 3.65. The summed E-state index contributed by atoms with van der Waals surface area (Å²) in [7, 11) is 0. The Kier molecular flexibility index (Phi) is 5.24. The normalized spacial score (nSPS) is 13.8. The molecule has 0 unspecified atom stereocenters. The van der Waals surface area contributed by atoms with Crippen LogP contribution in [0.5, 0.6) is 0 Å². The van der Waals surface area contributed by atoms with Gasteiger partial charge in [0.2, 0.25) is 0 Å². The molecule has 0 bridgehead atoms. The number of aromatic nitrogens is 2. The number of rotatable bonds is 3. The fourth-order valence-electron chi connectivity index (χ4n) is 7.44. The van der Waals surface area contributed by atoms with E-state index in [4.69, 9.17) is 0 Å². The second-order valence-electron chi connectivity index (χ2n) is 12.3. The molecule has 6 aromatic carbocycles. The highest BCUT2D eigenvalue weighted by Gasteiger charge is 2.36. The molecular formula is C41H31N3. The van der Waals surface area contributed by atoms with Crippen molar-refractivity contribution >= 4 is 49.8 Å². The minimum Gasteiger partial charge on any atom is -0.315 e. The van der Waals surface area contributed by atoms with Gasteiger partial charge in [0.15, 0.2) is 0 Å². The van der Waals surface area contributed by atoms with Gasteiger partial charge in [-0.25, -0.2) is 0 Å². The molecule has 0 amide bonds. The minimum atomic E-state index is -0.0777. The summed E-state index contributed by atoms with van der Waals surface area (Å²) < 4.78 is 4.77. The van der Waals surface area contributed by atoms with E-state index < -0.39 is 0 Å². The summed E-state index contributed by atoms with van der Waals surface area (Å²) in [5.41, 5.74) is 12.2. The van der Waals surface area contributed by atoms with Gasteiger partial charge in [-0.3, -0.25) is 0 Å². The third-order valence-corrected chi connectivity index (χ3v) is 9.52. The molecule has 3 heterocycles. The summed E-state index contributed by atoms with van der Waals surface area (Å²) >= 11 is 0. The van der Waals surface area contributed by atoms with Gasteiger partial charge in [-0.05, 0) is 71.8 Å². The number of hydrogen-bond donors (Lipinski definition) is 0. The zero-order chi connectivity index (χ0) is 29.4. The van der Waals surface area contributed by atoms with Gasteiger partial charge in [0.05, 0.1) is 27.9 Å². The maximum atomic E-state index is 2.44. The van der Waals surface area contributed by atoms with Gasteiger partial charge < -0.3 is 14.0 Å². The number of nitrogens with zero attached hydrogens (tertiary/aromatic N) is 3. The molecule has 1 aliphatic rings. The molecule has 2 aromatic heterocycles. The Bertz CT molecular complexity index is 2300. The second kappa shape index (κ2) is 9.23. The summed E-state index contributed by atoms with van der Waals surface area (Å²) in [6.45, 7) is 4.67. The van der Waals surface area contributed by atoms with E-state index in [1.165, 1.54) is 55.2 Å². The van der Waals surface area contributed by atoms with Crippen molar-refractivity contribution in [3.63, 3.8) is 0 Å². The first kappa shape index (κ1) is 25.0. The number of para-hydroxylation sites is 4. The first-order valence-corrected chi connectivity index (χ1v) is 15.3. The van der Waals surface area contributed by atoms with Crippen molar-refractivity contribution in [1.29, 1.82) is 0 Å². The van der Waals surface area contributed by atoms with Gasteiger partial charge in [-0.15, -0.1) is 0 Å². The van der Waals surface area contributed by atoms with E-state index in [0.29, 0.717) is 0 Å². The van der Waals surface area contributed by atoms with E-state index in [9.17, 15) is 0 Å². The number of fused-ring (bicyclic) bond motifs is 7. The van der Waals surface area contributed by atoms with E-state index >= 15 is 0 Å². The fraction of sp³-hybridized carbons (Fsp3) is 0.0732. The standard InChI is InChI=1S/C41H31N3/c1-41(2)34-15-7-10-18-37(34)43(38-19-11-8-16-35(38)41)30-21-23-31(24-22-30)44-36-17-9-6-14-32(36)33-25-20-28-26-27-42(39(28)40(33)44)29-12-4-3-5-13-29/h3-27H,1-2H3. The number of anilines is 3. The molecule has 0 N–H and O–H groups in total. The van der Waals surface area contributed by atoms with Crippen LogP contribution in [0.2, 0.25) is 0 Å². The van der Waals surface area contributed by atoms with Gasteiger partial charge in [-0.1, -0.05) is 98.8 Å². The maximum Gasteiger partial charge on any atom is 0.0788 e. The Labute approximate surface area is 256 Å². The molecule has 0 radical (unpaired) electrons. The van der Waals surface area contributed by atoms with Crippen molar-refractivity contribution < 1.29 is 0 Å². The highest BCUT2D eigenvalue weighted by atomic mass is 15.2. The van der Waals surface area contributed by atoms with Crippen molar-refractivity contribution in [3.8, 4) is 11.4 Å². The Hall–Kier alpha value is -5.54. The first-order valence-electron chi connectivity index (χ1n) is 15.3. The molecule has 0 saturated carbocycles. The minimum absolute atomic E-state index is 0.0777. The van der Waals surface area contributed by atoms with Crippen molar-refractivity contribution in [1.82, 2.24) is 9.13 Å². The fourth-order valence-corrected chi connectivity index (χ4v) is 7.44. The SMILES string of the molecule is CC1(C)c2ccccc2N(c2ccc(-n3c4ccccc4c4ccc5ccn(-c6ccccc6)c5c43)cc2)c2ccccc21. The van der Waals surface area contributed by atoms with Crippen LogP contribution in [0.1, 0.15) is 25.0 Å². The third-order valence-electron chi connectivity index (χ3n) is 9.52. The smallest absolute Gasteiger partial charge is 0.0788 e. The van der Waals surface area contributed by atoms with Crippen molar-refractivity contribution in [3.05, 3.63) is 163 Å². The molecule has 3 nitrogen and oxygen atoms in total. The molecule has 0 atom stereocenters. The Morgan fingerprint density at radius 2 is 1.07 bits per heavy atom. The molecule has 8 aromatic rings. The van der Waals surface area contributed by atoms with E-state index in [1.807, 2.05) is 0 Å². The highest BCUT2D eigenvalue weighted by Crippen LogP contribution is 2.51. The van der Waals surface area contributed by atoms with Crippen molar-refractivity contribution in [2.75, 3.05) is 4.90 Å². The average molecular weight is 566 g/mol. The molecular weight excluding hydrogens is 534 g/mol. The van der Waals surface area contributed by atoms with E-state index in [0.717, 1.165) is 17.1 Å². The Morgan fingerprint density at radius 1 is 0.455 bits per heavy atom. The lowest BCUT2D eigenvalue weighted by molar-refractivity contribution is 0.632.